The zero-order valence-corrected chi connectivity index (χ0v) is 13.2. The van der Waals surface area contributed by atoms with Crippen LogP contribution in [0.2, 0.25) is 5.02 Å². The molecule has 0 amide bonds. The number of hydrogen-bond donors (Lipinski definition) is 1. The Bertz CT molecular complexity index is 841. The van der Waals surface area contributed by atoms with Crippen molar-refractivity contribution in [3.63, 3.8) is 0 Å². The van der Waals surface area contributed by atoms with Crippen molar-refractivity contribution in [1.82, 2.24) is 15.2 Å². The molecule has 1 aromatic carbocycles. The third-order valence-electron chi connectivity index (χ3n) is 2.93. The van der Waals surface area contributed by atoms with Gasteiger partial charge < -0.3 is 19.6 Å². The third kappa shape index (κ3) is 3.72. The first-order valence-electron chi connectivity index (χ1n) is 6.86. The molecule has 0 radical (unpaired) electrons. The van der Waals surface area contributed by atoms with Gasteiger partial charge in [-0.05, 0) is 37.3 Å². The number of ether oxygens (including phenoxy) is 2. The molecule has 3 rings (SSSR count). The summed E-state index contributed by atoms with van der Waals surface area (Å²) in [5.74, 6) is 0.385. The van der Waals surface area contributed by atoms with Crippen LogP contribution in [-0.2, 0) is 0 Å². The summed E-state index contributed by atoms with van der Waals surface area (Å²) in [5, 5.41) is 7.51. The van der Waals surface area contributed by atoms with Crippen molar-refractivity contribution in [2.75, 3.05) is 5.73 Å². The van der Waals surface area contributed by atoms with Crippen LogP contribution in [0.3, 0.4) is 0 Å². The molecule has 0 saturated carbocycles. The lowest BCUT2D eigenvalue weighted by Gasteiger charge is -2.11. The highest BCUT2D eigenvalue weighted by Crippen LogP contribution is 2.27. The zero-order valence-electron chi connectivity index (χ0n) is 12.4. The van der Waals surface area contributed by atoms with Gasteiger partial charge in [0, 0.05) is 6.20 Å². The van der Waals surface area contributed by atoms with E-state index >= 15 is 0 Å². The summed E-state index contributed by atoms with van der Waals surface area (Å²) in [6, 6.07) is 7.62. The standard InChI is InChI=1S/C15H12ClFN4O3/c1-8(13-20-21-15(18)24-13)22-10-2-4-11(5-3-10)23-14-12(17)6-9(16)7-19-14/h2-8H,1H3,(H2,18,21)/t8-/m1/s1. The molecule has 0 aliphatic carbocycles. The fourth-order valence-corrected chi connectivity index (χ4v) is 1.98. The fraction of sp³-hybridized carbons (Fsp3) is 0.133. The second-order valence-electron chi connectivity index (χ2n) is 4.75. The highest BCUT2D eigenvalue weighted by molar-refractivity contribution is 6.30. The Morgan fingerprint density at radius 1 is 1.21 bits per heavy atom. The van der Waals surface area contributed by atoms with E-state index in [1.807, 2.05) is 0 Å². The number of aromatic nitrogens is 3. The lowest BCUT2D eigenvalue weighted by molar-refractivity contribution is 0.190. The van der Waals surface area contributed by atoms with E-state index in [0.717, 1.165) is 6.07 Å². The maximum atomic E-state index is 13.6. The molecule has 1 atom stereocenters. The smallest absolute Gasteiger partial charge is 0.312 e. The topological polar surface area (TPSA) is 96.3 Å². The van der Waals surface area contributed by atoms with Crippen LogP contribution in [0.1, 0.15) is 18.9 Å². The minimum Gasteiger partial charge on any atom is -0.481 e. The molecule has 9 heteroatoms. The van der Waals surface area contributed by atoms with Crippen molar-refractivity contribution < 1.29 is 18.3 Å². The summed E-state index contributed by atoms with van der Waals surface area (Å²) in [4.78, 5) is 3.79. The van der Waals surface area contributed by atoms with Crippen LogP contribution in [-0.4, -0.2) is 15.2 Å². The fourth-order valence-electron chi connectivity index (χ4n) is 1.84. The van der Waals surface area contributed by atoms with E-state index in [9.17, 15) is 4.39 Å². The minimum atomic E-state index is -0.648. The minimum absolute atomic E-state index is 0.0262. The first-order chi connectivity index (χ1) is 11.5. The van der Waals surface area contributed by atoms with Gasteiger partial charge in [0.25, 0.3) is 11.8 Å². The number of anilines is 1. The van der Waals surface area contributed by atoms with Gasteiger partial charge in [0.05, 0.1) is 5.02 Å². The molecular formula is C15H12ClFN4O3. The molecule has 0 bridgehead atoms. The van der Waals surface area contributed by atoms with Gasteiger partial charge in [0.1, 0.15) is 11.5 Å². The molecule has 0 fully saturated rings. The Hall–Kier alpha value is -2.87. The van der Waals surface area contributed by atoms with Gasteiger partial charge in [-0.25, -0.2) is 9.37 Å². The number of nitrogen functional groups attached to an aromatic ring is 1. The number of nitrogens with zero attached hydrogens (tertiary/aromatic N) is 3. The molecule has 3 aromatic rings. The van der Waals surface area contributed by atoms with Crippen molar-refractivity contribution in [3.05, 3.63) is 53.3 Å². The highest BCUT2D eigenvalue weighted by atomic mass is 35.5. The predicted molar refractivity (Wildman–Crippen MR) is 83.5 cm³/mol. The Balaban J connectivity index is 1.67. The molecule has 124 valence electrons. The van der Waals surface area contributed by atoms with E-state index in [2.05, 4.69) is 15.2 Å². The number of hydrogen-bond acceptors (Lipinski definition) is 7. The number of benzene rings is 1. The van der Waals surface area contributed by atoms with Gasteiger partial charge in [-0.15, -0.1) is 5.10 Å². The molecule has 2 N–H and O–H groups in total. The largest absolute Gasteiger partial charge is 0.481 e. The van der Waals surface area contributed by atoms with Crippen molar-refractivity contribution in [3.8, 4) is 17.4 Å². The van der Waals surface area contributed by atoms with E-state index in [1.54, 1.807) is 31.2 Å². The van der Waals surface area contributed by atoms with E-state index < -0.39 is 11.9 Å². The molecule has 0 spiro atoms. The van der Waals surface area contributed by atoms with Gasteiger partial charge in [0.15, 0.2) is 11.9 Å². The van der Waals surface area contributed by atoms with Gasteiger partial charge in [-0.2, -0.15) is 0 Å². The van der Waals surface area contributed by atoms with Crippen molar-refractivity contribution in [2.45, 2.75) is 13.0 Å². The quantitative estimate of drug-likeness (QED) is 0.748. The Labute approximate surface area is 141 Å². The van der Waals surface area contributed by atoms with Crippen molar-refractivity contribution in [2.24, 2.45) is 0 Å². The summed E-state index contributed by atoms with van der Waals surface area (Å²) in [5.41, 5.74) is 5.37. The number of pyridine rings is 1. The normalized spacial score (nSPS) is 12.0. The predicted octanol–water partition coefficient (Wildman–Crippen LogP) is 3.77. The lowest BCUT2D eigenvalue weighted by Crippen LogP contribution is -2.03. The summed E-state index contributed by atoms with van der Waals surface area (Å²) in [6.45, 7) is 1.74. The van der Waals surface area contributed by atoms with Crippen LogP contribution in [0.4, 0.5) is 10.4 Å². The summed E-state index contributed by atoms with van der Waals surface area (Å²) in [6.07, 6.45) is 0.826. The zero-order chi connectivity index (χ0) is 17.1. The molecule has 0 aliphatic heterocycles. The molecule has 24 heavy (non-hydrogen) atoms. The van der Waals surface area contributed by atoms with Crippen LogP contribution in [0.5, 0.6) is 17.4 Å². The van der Waals surface area contributed by atoms with Gasteiger partial charge >= 0.3 is 6.01 Å². The van der Waals surface area contributed by atoms with Gasteiger partial charge in [-0.3, -0.25) is 0 Å². The third-order valence-corrected chi connectivity index (χ3v) is 3.14. The molecule has 0 unspecified atom stereocenters. The van der Waals surface area contributed by atoms with E-state index in [-0.39, 0.29) is 22.8 Å². The van der Waals surface area contributed by atoms with E-state index in [4.69, 9.17) is 31.2 Å². The SMILES string of the molecule is C[C@@H](Oc1ccc(Oc2ncc(Cl)cc2F)cc1)c1nnc(N)o1. The molecule has 0 saturated heterocycles. The van der Waals surface area contributed by atoms with Crippen LogP contribution >= 0.6 is 11.6 Å². The van der Waals surface area contributed by atoms with E-state index in [0.29, 0.717) is 11.5 Å². The van der Waals surface area contributed by atoms with Crippen LogP contribution in [0.25, 0.3) is 0 Å². The first-order valence-corrected chi connectivity index (χ1v) is 7.23. The maximum absolute atomic E-state index is 13.6. The molecule has 2 heterocycles. The van der Waals surface area contributed by atoms with Crippen LogP contribution in [0.15, 0.2) is 40.9 Å². The second kappa shape index (κ2) is 6.71. The number of halogens is 2. The van der Waals surface area contributed by atoms with Crippen LogP contribution < -0.4 is 15.2 Å². The maximum Gasteiger partial charge on any atom is 0.312 e. The monoisotopic (exact) mass is 350 g/mol. The summed E-state index contributed by atoms with van der Waals surface area (Å²) >= 11 is 5.64. The average Bonchev–Trinajstić information content (AvgIpc) is 2.98. The molecule has 7 nitrogen and oxygen atoms in total. The molecular weight excluding hydrogens is 339 g/mol. The number of rotatable bonds is 5. The second-order valence-corrected chi connectivity index (χ2v) is 5.19. The highest BCUT2D eigenvalue weighted by Gasteiger charge is 2.15. The average molecular weight is 351 g/mol. The van der Waals surface area contributed by atoms with E-state index in [1.165, 1.54) is 6.20 Å². The Morgan fingerprint density at radius 2 is 1.92 bits per heavy atom. The first kappa shape index (κ1) is 16.0. The van der Waals surface area contributed by atoms with Gasteiger partial charge in [0.2, 0.25) is 0 Å². The summed E-state index contributed by atoms with van der Waals surface area (Å²) in [7, 11) is 0. The Morgan fingerprint density at radius 3 is 2.54 bits per heavy atom. The summed E-state index contributed by atoms with van der Waals surface area (Å²) < 4.78 is 29.7. The van der Waals surface area contributed by atoms with Gasteiger partial charge in [-0.1, -0.05) is 16.7 Å². The Kier molecular flexibility index (Phi) is 4.48. The number of nitrogens with two attached hydrogens (primary N) is 1. The molecule has 2 aromatic heterocycles. The lowest BCUT2D eigenvalue weighted by atomic mass is 10.3. The molecule has 0 aliphatic rings. The van der Waals surface area contributed by atoms with Crippen molar-refractivity contribution >= 4 is 17.6 Å². The van der Waals surface area contributed by atoms with Crippen LogP contribution in [0, 0.1) is 5.82 Å². The van der Waals surface area contributed by atoms with Crippen molar-refractivity contribution in [1.29, 1.82) is 0 Å².